The minimum atomic E-state index is -0.0519. The van der Waals surface area contributed by atoms with Gasteiger partial charge in [0.2, 0.25) is 5.91 Å². The van der Waals surface area contributed by atoms with E-state index >= 15 is 0 Å². The quantitative estimate of drug-likeness (QED) is 0.502. The van der Waals surface area contributed by atoms with Crippen molar-refractivity contribution in [2.75, 3.05) is 25.5 Å². The molecule has 0 spiro atoms. The Hall–Kier alpha value is -1.42. The van der Waals surface area contributed by atoms with Crippen LogP contribution >= 0.6 is 23.1 Å². The summed E-state index contributed by atoms with van der Waals surface area (Å²) in [4.78, 5) is 33.0. The summed E-state index contributed by atoms with van der Waals surface area (Å²) < 4.78 is 13.1. The number of ether oxygens (including phenoxy) is 2. The molecule has 5 rings (SSSR count). The zero-order chi connectivity index (χ0) is 21.2. The largest absolute Gasteiger partial charge is 0.376 e. The van der Waals surface area contributed by atoms with Crippen LogP contribution in [0.4, 0.5) is 0 Å². The Morgan fingerprint density at radius 1 is 1.13 bits per heavy atom. The zero-order valence-electron chi connectivity index (χ0n) is 17.7. The molecule has 2 fully saturated rings. The number of aryl methyl sites for hydroxylation is 2. The molecule has 2 aromatic rings. The number of nitrogens with one attached hydrogen (secondary N) is 1. The van der Waals surface area contributed by atoms with E-state index in [2.05, 4.69) is 5.32 Å². The van der Waals surface area contributed by atoms with E-state index in [4.69, 9.17) is 14.5 Å². The van der Waals surface area contributed by atoms with E-state index in [1.54, 1.807) is 15.9 Å². The van der Waals surface area contributed by atoms with Gasteiger partial charge in [0.15, 0.2) is 5.16 Å². The lowest BCUT2D eigenvalue weighted by atomic mass is 9.97. The van der Waals surface area contributed by atoms with Crippen LogP contribution in [0.3, 0.4) is 0 Å². The molecule has 7 nitrogen and oxygen atoms in total. The van der Waals surface area contributed by atoms with Crippen LogP contribution in [0.1, 0.15) is 49.0 Å². The maximum atomic E-state index is 13.6. The first-order valence-corrected chi connectivity index (χ1v) is 13.2. The number of nitrogens with zero attached hydrogens (tertiary/aromatic N) is 2. The minimum absolute atomic E-state index is 0.0298. The number of rotatable bonds is 7. The summed E-state index contributed by atoms with van der Waals surface area (Å²) in [5.41, 5.74) is 1.23. The molecule has 0 radical (unpaired) electrons. The second-order valence-electron chi connectivity index (χ2n) is 8.56. The molecular formula is C22H29N3O4S2. The monoisotopic (exact) mass is 463 g/mol. The van der Waals surface area contributed by atoms with Crippen LogP contribution in [0.2, 0.25) is 0 Å². The summed E-state index contributed by atoms with van der Waals surface area (Å²) in [6.07, 6.45) is 8.50. The Morgan fingerprint density at radius 2 is 1.90 bits per heavy atom. The van der Waals surface area contributed by atoms with Crippen molar-refractivity contribution in [1.82, 2.24) is 14.9 Å². The number of fused-ring (bicyclic) bond motifs is 3. The van der Waals surface area contributed by atoms with Gasteiger partial charge in [0.25, 0.3) is 5.56 Å². The molecule has 4 heterocycles. The van der Waals surface area contributed by atoms with E-state index in [0.29, 0.717) is 18.2 Å². The Balaban J connectivity index is 1.38. The molecular weight excluding hydrogens is 434 g/mol. The topological polar surface area (TPSA) is 82.5 Å². The average Bonchev–Trinajstić information content (AvgIpc) is 3.53. The van der Waals surface area contributed by atoms with Crippen LogP contribution in [0.5, 0.6) is 0 Å². The lowest BCUT2D eigenvalue weighted by Gasteiger charge is -2.16. The number of hydrogen-bond acceptors (Lipinski definition) is 7. The maximum Gasteiger partial charge on any atom is 0.263 e. The highest BCUT2D eigenvalue weighted by atomic mass is 32.2. The highest BCUT2D eigenvalue weighted by Gasteiger charge is 2.25. The molecule has 0 aromatic carbocycles. The summed E-state index contributed by atoms with van der Waals surface area (Å²) >= 11 is 3.00. The molecule has 0 bridgehead atoms. The van der Waals surface area contributed by atoms with E-state index < -0.39 is 0 Å². The molecule has 2 unspecified atom stereocenters. The molecule has 1 amide bonds. The van der Waals surface area contributed by atoms with Crippen molar-refractivity contribution in [3.8, 4) is 0 Å². The third-order valence-electron chi connectivity index (χ3n) is 6.33. The van der Waals surface area contributed by atoms with Crippen LogP contribution in [0, 0.1) is 0 Å². The van der Waals surface area contributed by atoms with Gasteiger partial charge in [-0.05, 0) is 56.9 Å². The van der Waals surface area contributed by atoms with Gasteiger partial charge in [-0.2, -0.15) is 0 Å². The Kier molecular flexibility index (Phi) is 6.64. The highest BCUT2D eigenvalue weighted by Crippen LogP contribution is 2.35. The van der Waals surface area contributed by atoms with Crippen molar-refractivity contribution in [2.24, 2.45) is 0 Å². The minimum Gasteiger partial charge on any atom is -0.376 e. The summed E-state index contributed by atoms with van der Waals surface area (Å²) in [6.45, 7) is 2.58. The number of carbonyl (C=O) groups excluding carboxylic acids is 1. The molecule has 2 aromatic heterocycles. The summed E-state index contributed by atoms with van der Waals surface area (Å²) in [5, 5.41) is 4.38. The average molecular weight is 464 g/mol. The van der Waals surface area contributed by atoms with Crippen molar-refractivity contribution in [3.63, 3.8) is 0 Å². The molecule has 9 heteroatoms. The number of aromatic nitrogens is 2. The predicted molar refractivity (Wildman–Crippen MR) is 122 cm³/mol. The van der Waals surface area contributed by atoms with Crippen LogP contribution in [0.25, 0.3) is 10.2 Å². The fourth-order valence-corrected chi connectivity index (χ4v) is 6.84. The number of thioether (sulfide) groups is 1. The van der Waals surface area contributed by atoms with Gasteiger partial charge < -0.3 is 14.8 Å². The van der Waals surface area contributed by atoms with Gasteiger partial charge in [-0.1, -0.05) is 11.8 Å². The van der Waals surface area contributed by atoms with Crippen molar-refractivity contribution >= 4 is 39.2 Å². The van der Waals surface area contributed by atoms with Gasteiger partial charge in [-0.3, -0.25) is 14.2 Å². The standard InChI is InChI=1S/C22H29N3O4S2/c26-18(23-11-14-5-3-9-28-14)13-30-22-24-20-19(16-7-1-2-8-17(16)31-20)21(27)25(22)12-15-6-4-10-29-15/h14-15H,1-13H2,(H,23,26). The van der Waals surface area contributed by atoms with E-state index in [-0.39, 0.29) is 29.4 Å². The normalized spacial score (nSPS) is 23.4. The van der Waals surface area contributed by atoms with Crippen LogP contribution < -0.4 is 10.9 Å². The lowest BCUT2D eigenvalue weighted by Crippen LogP contribution is -2.33. The predicted octanol–water partition coefficient (Wildman–Crippen LogP) is 2.90. The first-order chi connectivity index (χ1) is 15.2. The van der Waals surface area contributed by atoms with Gasteiger partial charge in [-0.25, -0.2) is 4.98 Å². The fraction of sp³-hybridized carbons (Fsp3) is 0.682. The Morgan fingerprint density at radius 3 is 2.68 bits per heavy atom. The molecule has 1 aliphatic carbocycles. The lowest BCUT2D eigenvalue weighted by molar-refractivity contribution is -0.119. The van der Waals surface area contributed by atoms with E-state index in [0.717, 1.165) is 68.4 Å². The number of thiophene rings is 1. The second kappa shape index (κ2) is 9.60. The second-order valence-corrected chi connectivity index (χ2v) is 10.6. The third kappa shape index (κ3) is 4.69. The number of carbonyl (C=O) groups is 1. The van der Waals surface area contributed by atoms with Gasteiger partial charge in [-0.15, -0.1) is 11.3 Å². The third-order valence-corrected chi connectivity index (χ3v) is 8.50. The molecule has 3 aliphatic rings. The molecule has 168 valence electrons. The van der Waals surface area contributed by atoms with Crippen molar-refractivity contribution in [3.05, 3.63) is 20.8 Å². The van der Waals surface area contributed by atoms with Gasteiger partial charge in [0, 0.05) is 24.6 Å². The number of amides is 1. The van der Waals surface area contributed by atoms with Gasteiger partial charge >= 0.3 is 0 Å². The van der Waals surface area contributed by atoms with E-state index in [1.165, 1.54) is 28.6 Å². The molecule has 2 aliphatic heterocycles. The summed E-state index contributed by atoms with van der Waals surface area (Å²) in [6, 6.07) is 0. The molecule has 2 atom stereocenters. The Bertz CT molecular complexity index is 1010. The zero-order valence-corrected chi connectivity index (χ0v) is 19.3. The molecule has 2 saturated heterocycles. The van der Waals surface area contributed by atoms with Crippen LogP contribution in [-0.2, 0) is 33.7 Å². The first-order valence-electron chi connectivity index (χ1n) is 11.4. The number of hydrogen-bond donors (Lipinski definition) is 1. The smallest absolute Gasteiger partial charge is 0.263 e. The van der Waals surface area contributed by atoms with Crippen molar-refractivity contribution in [1.29, 1.82) is 0 Å². The summed E-state index contributed by atoms with van der Waals surface area (Å²) in [5.74, 6) is 0.186. The van der Waals surface area contributed by atoms with Crippen molar-refractivity contribution < 1.29 is 14.3 Å². The maximum absolute atomic E-state index is 13.6. The van der Waals surface area contributed by atoms with Crippen LogP contribution in [0.15, 0.2) is 9.95 Å². The SMILES string of the molecule is O=C(CSc1nc2sc3c(c2c(=O)n1CC1CCCO1)CCCC3)NCC1CCCO1. The Labute approximate surface area is 189 Å². The van der Waals surface area contributed by atoms with Gasteiger partial charge in [0.1, 0.15) is 4.83 Å². The summed E-state index contributed by atoms with van der Waals surface area (Å²) in [7, 11) is 0. The van der Waals surface area contributed by atoms with Gasteiger partial charge in [0.05, 0.1) is 29.9 Å². The highest BCUT2D eigenvalue weighted by molar-refractivity contribution is 7.99. The molecule has 0 saturated carbocycles. The van der Waals surface area contributed by atoms with Crippen molar-refractivity contribution in [2.45, 2.75) is 75.3 Å². The molecule has 1 N–H and O–H groups in total. The fourth-order valence-electron chi connectivity index (χ4n) is 4.70. The first kappa shape index (κ1) is 21.4. The van der Waals surface area contributed by atoms with E-state index in [9.17, 15) is 9.59 Å². The van der Waals surface area contributed by atoms with E-state index in [1.807, 2.05) is 0 Å². The van der Waals surface area contributed by atoms with Crippen LogP contribution in [-0.4, -0.2) is 53.2 Å². The molecule has 31 heavy (non-hydrogen) atoms.